The molecule has 88 valence electrons. The van der Waals surface area contributed by atoms with Crippen LogP contribution in [0.25, 0.3) is 0 Å². The molecular weight excluding hydrogens is 212 g/mol. The van der Waals surface area contributed by atoms with Gasteiger partial charge in [-0.3, -0.25) is 0 Å². The van der Waals surface area contributed by atoms with Gasteiger partial charge in [-0.2, -0.15) is 0 Å². The van der Waals surface area contributed by atoms with E-state index in [0.29, 0.717) is 30.0 Å². The first-order valence-electron chi connectivity index (χ1n) is 5.68. The van der Waals surface area contributed by atoms with Gasteiger partial charge in [-0.05, 0) is 31.2 Å². The van der Waals surface area contributed by atoms with Gasteiger partial charge in [-0.15, -0.1) is 0 Å². The lowest BCUT2D eigenvalue weighted by Crippen LogP contribution is -2.43. The Labute approximate surface area is 91.7 Å². The van der Waals surface area contributed by atoms with Crippen molar-refractivity contribution in [2.24, 2.45) is 11.1 Å². The Kier molecular flexibility index (Phi) is 3.05. The Morgan fingerprint density at radius 1 is 1.20 bits per heavy atom. The minimum Gasteiger partial charge on any atom is -0.330 e. The Balaban J connectivity index is 1.82. The second-order valence-corrected chi connectivity index (χ2v) is 7.27. The quantitative estimate of drug-likeness (QED) is 0.732. The smallest absolute Gasteiger partial charge is 0.152 e. The summed E-state index contributed by atoms with van der Waals surface area (Å²) in [5.74, 6) is 0.678. The minimum atomic E-state index is -2.73. The van der Waals surface area contributed by atoms with Crippen molar-refractivity contribution < 1.29 is 8.42 Å². The van der Waals surface area contributed by atoms with Crippen LogP contribution in [-0.2, 0) is 9.84 Å². The summed E-state index contributed by atoms with van der Waals surface area (Å²) in [6.45, 7) is 3.25. The minimum absolute atomic E-state index is 0.339. The molecule has 0 amide bonds. The van der Waals surface area contributed by atoms with Crippen LogP contribution >= 0.6 is 0 Å². The van der Waals surface area contributed by atoms with Gasteiger partial charge in [0.1, 0.15) is 0 Å². The van der Waals surface area contributed by atoms with Crippen molar-refractivity contribution in [2.45, 2.75) is 19.3 Å². The lowest BCUT2D eigenvalue weighted by molar-refractivity contribution is 0.228. The predicted molar refractivity (Wildman–Crippen MR) is 60.4 cm³/mol. The standard InChI is InChI=1S/C10H20N2O2S/c11-4-3-10(1-2-10)9-12-5-7-15(13,14)8-6-12/h1-9,11H2. The molecule has 15 heavy (non-hydrogen) atoms. The van der Waals surface area contributed by atoms with Gasteiger partial charge in [0, 0.05) is 19.6 Å². The molecule has 2 fully saturated rings. The molecule has 4 nitrogen and oxygen atoms in total. The number of hydrogen-bond donors (Lipinski definition) is 1. The summed E-state index contributed by atoms with van der Waals surface area (Å²) in [5.41, 5.74) is 6.03. The summed E-state index contributed by atoms with van der Waals surface area (Å²) >= 11 is 0. The highest BCUT2D eigenvalue weighted by Crippen LogP contribution is 2.49. The molecule has 2 N–H and O–H groups in total. The van der Waals surface area contributed by atoms with Crippen molar-refractivity contribution in [3.8, 4) is 0 Å². The number of nitrogens with two attached hydrogens (primary N) is 1. The average molecular weight is 232 g/mol. The van der Waals surface area contributed by atoms with Gasteiger partial charge >= 0.3 is 0 Å². The summed E-state index contributed by atoms with van der Waals surface area (Å²) in [7, 11) is -2.73. The van der Waals surface area contributed by atoms with E-state index in [9.17, 15) is 8.42 Å². The molecule has 2 aliphatic rings. The van der Waals surface area contributed by atoms with Crippen molar-refractivity contribution in [3.05, 3.63) is 0 Å². The number of nitrogens with zero attached hydrogens (tertiary/aromatic N) is 1. The maximum absolute atomic E-state index is 11.3. The van der Waals surface area contributed by atoms with Crippen molar-refractivity contribution in [1.82, 2.24) is 4.90 Å². The maximum atomic E-state index is 11.3. The van der Waals surface area contributed by atoms with Crippen LogP contribution in [0.4, 0.5) is 0 Å². The number of hydrogen-bond acceptors (Lipinski definition) is 4. The highest BCUT2D eigenvalue weighted by molar-refractivity contribution is 7.91. The highest BCUT2D eigenvalue weighted by Gasteiger charge is 2.43. The molecule has 0 spiro atoms. The first-order valence-corrected chi connectivity index (χ1v) is 7.50. The van der Waals surface area contributed by atoms with Gasteiger partial charge in [0.2, 0.25) is 0 Å². The first kappa shape index (κ1) is 11.4. The van der Waals surface area contributed by atoms with Gasteiger partial charge in [-0.1, -0.05) is 0 Å². The van der Waals surface area contributed by atoms with Gasteiger partial charge in [-0.25, -0.2) is 8.42 Å². The van der Waals surface area contributed by atoms with E-state index in [2.05, 4.69) is 4.90 Å². The maximum Gasteiger partial charge on any atom is 0.152 e. The average Bonchev–Trinajstić information content (AvgIpc) is 2.90. The predicted octanol–water partition coefficient (Wildman–Crippen LogP) is -0.154. The fourth-order valence-electron chi connectivity index (χ4n) is 2.35. The second-order valence-electron chi connectivity index (χ2n) is 4.97. The molecule has 0 radical (unpaired) electrons. The van der Waals surface area contributed by atoms with Crippen LogP contribution in [0.15, 0.2) is 0 Å². The fraction of sp³-hybridized carbons (Fsp3) is 1.00. The van der Waals surface area contributed by atoms with Gasteiger partial charge in [0.25, 0.3) is 0 Å². The topological polar surface area (TPSA) is 63.4 Å². The van der Waals surface area contributed by atoms with E-state index in [-0.39, 0.29) is 0 Å². The number of sulfone groups is 1. The lowest BCUT2D eigenvalue weighted by atomic mass is 10.0. The van der Waals surface area contributed by atoms with Crippen LogP contribution in [0.1, 0.15) is 19.3 Å². The molecular formula is C10H20N2O2S. The van der Waals surface area contributed by atoms with E-state index in [1.807, 2.05) is 0 Å². The molecule has 1 saturated carbocycles. The van der Waals surface area contributed by atoms with Crippen LogP contribution < -0.4 is 5.73 Å². The summed E-state index contributed by atoms with van der Waals surface area (Å²) in [6.07, 6.45) is 3.64. The van der Waals surface area contributed by atoms with E-state index in [0.717, 1.165) is 19.5 Å². The molecule has 1 aliphatic carbocycles. The van der Waals surface area contributed by atoms with E-state index in [1.165, 1.54) is 12.8 Å². The zero-order valence-corrected chi connectivity index (χ0v) is 9.93. The second kappa shape index (κ2) is 4.03. The summed E-state index contributed by atoms with van der Waals surface area (Å²) in [4.78, 5) is 2.30. The fourth-order valence-corrected chi connectivity index (χ4v) is 3.63. The summed E-state index contributed by atoms with van der Waals surface area (Å²) in [6, 6.07) is 0. The van der Waals surface area contributed by atoms with Gasteiger partial charge in [0.05, 0.1) is 11.5 Å². The first-order chi connectivity index (χ1) is 7.05. The Bertz CT molecular complexity index is 308. The van der Waals surface area contributed by atoms with E-state index in [1.54, 1.807) is 0 Å². The molecule has 0 aromatic carbocycles. The Morgan fingerprint density at radius 3 is 2.27 bits per heavy atom. The zero-order valence-electron chi connectivity index (χ0n) is 9.11. The van der Waals surface area contributed by atoms with Crippen LogP contribution in [0.3, 0.4) is 0 Å². The van der Waals surface area contributed by atoms with E-state index >= 15 is 0 Å². The van der Waals surface area contributed by atoms with Crippen LogP contribution in [-0.4, -0.2) is 51.0 Å². The molecule has 2 rings (SSSR count). The largest absolute Gasteiger partial charge is 0.330 e. The Morgan fingerprint density at radius 2 is 1.80 bits per heavy atom. The molecule has 0 aromatic rings. The molecule has 0 atom stereocenters. The van der Waals surface area contributed by atoms with E-state index < -0.39 is 9.84 Å². The van der Waals surface area contributed by atoms with Crippen LogP contribution in [0.2, 0.25) is 0 Å². The summed E-state index contributed by atoms with van der Waals surface area (Å²) < 4.78 is 22.5. The zero-order chi connectivity index (χ0) is 10.9. The normalized spacial score (nSPS) is 28.9. The van der Waals surface area contributed by atoms with Gasteiger partial charge < -0.3 is 10.6 Å². The number of rotatable bonds is 4. The third kappa shape index (κ3) is 2.92. The van der Waals surface area contributed by atoms with Crippen LogP contribution in [0, 0.1) is 5.41 Å². The van der Waals surface area contributed by atoms with Crippen LogP contribution in [0.5, 0.6) is 0 Å². The molecule has 0 bridgehead atoms. The Hall–Kier alpha value is -0.130. The molecule has 1 saturated heterocycles. The monoisotopic (exact) mass is 232 g/mol. The van der Waals surface area contributed by atoms with Crippen molar-refractivity contribution >= 4 is 9.84 Å². The van der Waals surface area contributed by atoms with Crippen molar-refractivity contribution in [2.75, 3.05) is 37.7 Å². The highest BCUT2D eigenvalue weighted by atomic mass is 32.2. The summed E-state index contributed by atoms with van der Waals surface area (Å²) in [5, 5.41) is 0. The van der Waals surface area contributed by atoms with E-state index in [4.69, 9.17) is 5.73 Å². The molecule has 0 unspecified atom stereocenters. The third-order valence-electron chi connectivity index (χ3n) is 3.63. The van der Waals surface area contributed by atoms with Gasteiger partial charge in [0.15, 0.2) is 9.84 Å². The van der Waals surface area contributed by atoms with Crippen molar-refractivity contribution in [1.29, 1.82) is 0 Å². The molecule has 1 aliphatic heterocycles. The lowest BCUT2D eigenvalue weighted by Gasteiger charge is -2.30. The van der Waals surface area contributed by atoms with Crippen molar-refractivity contribution in [3.63, 3.8) is 0 Å². The molecule has 0 aromatic heterocycles. The molecule has 5 heteroatoms. The molecule has 1 heterocycles. The third-order valence-corrected chi connectivity index (χ3v) is 5.24. The SMILES string of the molecule is NCCC1(CN2CCS(=O)(=O)CC2)CC1.